The van der Waals surface area contributed by atoms with Crippen molar-refractivity contribution in [1.29, 1.82) is 0 Å². The fourth-order valence-electron chi connectivity index (χ4n) is 1.24. The Bertz CT molecular complexity index is 523. The highest BCUT2D eigenvalue weighted by molar-refractivity contribution is 9.10. The van der Waals surface area contributed by atoms with Crippen LogP contribution in [0.4, 0.5) is 0 Å². The van der Waals surface area contributed by atoms with Crippen molar-refractivity contribution < 1.29 is 5.21 Å². The fourth-order valence-corrected chi connectivity index (χ4v) is 1.80. The zero-order valence-electron chi connectivity index (χ0n) is 8.08. The van der Waals surface area contributed by atoms with Gasteiger partial charge in [0, 0.05) is 10.0 Å². The first-order chi connectivity index (χ1) is 7.72. The molecule has 1 aromatic heterocycles. The van der Waals surface area contributed by atoms with E-state index in [4.69, 9.17) is 10.9 Å². The second-order valence-electron chi connectivity index (χ2n) is 2.99. The van der Waals surface area contributed by atoms with E-state index in [2.05, 4.69) is 31.2 Å². The number of amidine groups is 1. The molecular formula is C9H8BrN5O. The molecule has 0 aliphatic carbocycles. The van der Waals surface area contributed by atoms with Gasteiger partial charge in [-0.25, -0.2) is 9.67 Å². The molecule has 0 unspecified atom stereocenters. The highest BCUT2D eigenvalue weighted by atomic mass is 79.9. The van der Waals surface area contributed by atoms with Gasteiger partial charge in [0.15, 0.2) is 5.84 Å². The number of nitrogens with zero attached hydrogens (tertiary/aromatic N) is 4. The first-order valence-electron chi connectivity index (χ1n) is 4.35. The predicted molar refractivity (Wildman–Crippen MR) is 61.6 cm³/mol. The zero-order valence-corrected chi connectivity index (χ0v) is 9.66. The largest absolute Gasteiger partial charge is 0.409 e. The summed E-state index contributed by atoms with van der Waals surface area (Å²) in [6.45, 7) is 0. The van der Waals surface area contributed by atoms with Crippen LogP contribution in [0.3, 0.4) is 0 Å². The normalized spacial score (nSPS) is 11.7. The van der Waals surface area contributed by atoms with Crippen LogP contribution < -0.4 is 5.73 Å². The van der Waals surface area contributed by atoms with E-state index in [0.717, 1.165) is 10.2 Å². The molecule has 0 radical (unpaired) electrons. The molecule has 1 aromatic carbocycles. The van der Waals surface area contributed by atoms with Crippen molar-refractivity contribution in [3.05, 3.63) is 40.9 Å². The summed E-state index contributed by atoms with van der Waals surface area (Å²) in [7, 11) is 0. The molecule has 0 saturated carbocycles. The maximum Gasteiger partial charge on any atom is 0.170 e. The van der Waals surface area contributed by atoms with Gasteiger partial charge in [0.1, 0.15) is 12.7 Å². The van der Waals surface area contributed by atoms with Gasteiger partial charge in [-0.2, -0.15) is 5.10 Å². The van der Waals surface area contributed by atoms with Crippen LogP contribution in [0.2, 0.25) is 0 Å². The lowest BCUT2D eigenvalue weighted by molar-refractivity contribution is 0.318. The number of nitrogens with two attached hydrogens (primary N) is 1. The van der Waals surface area contributed by atoms with Gasteiger partial charge in [-0.15, -0.1) is 0 Å². The second-order valence-corrected chi connectivity index (χ2v) is 3.85. The minimum Gasteiger partial charge on any atom is -0.409 e. The third-order valence-corrected chi connectivity index (χ3v) is 2.65. The SMILES string of the molecule is N/C(=N/O)c1ccc(-n2cncn2)c(Br)c1. The van der Waals surface area contributed by atoms with Crippen LogP contribution >= 0.6 is 15.9 Å². The van der Waals surface area contributed by atoms with Crippen LogP contribution in [0.5, 0.6) is 0 Å². The van der Waals surface area contributed by atoms with Crippen LogP contribution in [-0.4, -0.2) is 25.8 Å². The minimum absolute atomic E-state index is 0.0610. The standard InChI is InChI=1S/C9H8BrN5O/c10-7-3-6(9(11)14-16)1-2-8(7)15-5-12-4-13-15/h1-5,16H,(H2,11,14). The van der Waals surface area contributed by atoms with Gasteiger partial charge >= 0.3 is 0 Å². The van der Waals surface area contributed by atoms with E-state index in [1.807, 2.05) is 0 Å². The van der Waals surface area contributed by atoms with Crippen molar-refractivity contribution in [2.24, 2.45) is 10.9 Å². The van der Waals surface area contributed by atoms with Crippen LogP contribution in [0.1, 0.15) is 5.56 Å². The number of oxime groups is 1. The van der Waals surface area contributed by atoms with E-state index in [9.17, 15) is 0 Å². The lowest BCUT2D eigenvalue weighted by atomic mass is 10.2. The van der Waals surface area contributed by atoms with Crippen molar-refractivity contribution in [3.8, 4) is 5.69 Å². The number of hydrogen-bond donors (Lipinski definition) is 2. The van der Waals surface area contributed by atoms with Gasteiger partial charge in [-0.3, -0.25) is 0 Å². The predicted octanol–water partition coefficient (Wildman–Crippen LogP) is 1.12. The Morgan fingerprint density at radius 1 is 1.50 bits per heavy atom. The molecule has 0 aliphatic rings. The summed E-state index contributed by atoms with van der Waals surface area (Å²) >= 11 is 3.39. The molecular weight excluding hydrogens is 274 g/mol. The number of rotatable bonds is 2. The van der Waals surface area contributed by atoms with Gasteiger partial charge in [0.25, 0.3) is 0 Å². The van der Waals surface area contributed by atoms with Crippen molar-refractivity contribution in [3.63, 3.8) is 0 Å². The summed E-state index contributed by atoms with van der Waals surface area (Å²) in [5, 5.41) is 15.5. The van der Waals surface area contributed by atoms with Gasteiger partial charge < -0.3 is 10.9 Å². The smallest absolute Gasteiger partial charge is 0.170 e. The van der Waals surface area contributed by atoms with Gasteiger partial charge in [0.2, 0.25) is 0 Å². The molecule has 0 amide bonds. The highest BCUT2D eigenvalue weighted by Gasteiger charge is 2.06. The number of aromatic nitrogens is 3. The Kier molecular flexibility index (Phi) is 2.86. The van der Waals surface area contributed by atoms with Crippen LogP contribution in [-0.2, 0) is 0 Å². The van der Waals surface area contributed by atoms with Crippen LogP contribution in [0.25, 0.3) is 5.69 Å². The highest BCUT2D eigenvalue weighted by Crippen LogP contribution is 2.21. The molecule has 0 fully saturated rings. The first kappa shape index (κ1) is 10.6. The molecule has 6 nitrogen and oxygen atoms in total. The van der Waals surface area contributed by atoms with Crippen molar-refractivity contribution in [1.82, 2.24) is 14.8 Å². The van der Waals surface area contributed by atoms with Crippen molar-refractivity contribution in [2.45, 2.75) is 0 Å². The fraction of sp³-hybridized carbons (Fsp3) is 0. The third kappa shape index (κ3) is 1.89. The summed E-state index contributed by atoms with van der Waals surface area (Å²) in [5.74, 6) is 0.0610. The number of benzene rings is 1. The van der Waals surface area contributed by atoms with Crippen LogP contribution in [0, 0.1) is 0 Å². The van der Waals surface area contributed by atoms with E-state index < -0.39 is 0 Å². The Morgan fingerprint density at radius 3 is 2.88 bits per heavy atom. The summed E-state index contributed by atoms with van der Waals surface area (Å²) < 4.78 is 2.39. The van der Waals surface area contributed by atoms with Gasteiger partial charge in [-0.1, -0.05) is 5.16 Å². The summed E-state index contributed by atoms with van der Waals surface area (Å²) in [4.78, 5) is 3.86. The summed E-state index contributed by atoms with van der Waals surface area (Å²) in [6.07, 6.45) is 3.03. The molecule has 7 heteroatoms. The lowest BCUT2D eigenvalue weighted by Gasteiger charge is -2.05. The Morgan fingerprint density at radius 2 is 2.31 bits per heavy atom. The molecule has 0 aliphatic heterocycles. The Labute approximate surface area is 99.5 Å². The lowest BCUT2D eigenvalue weighted by Crippen LogP contribution is -2.13. The molecule has 0 bridgehead atoms. The topological polar surface area (TPSA) is 89.3 Å². The average Bonchev–Trinajstić information content (AvgIpc) is 2.81. The minimum atomic E-state index is 0.0610. The maximum absolute atomic E-state index is 8.55. The van der Waals surface area contributed by atoms with Crippen molar-refractivity contribution >= 4 is 21.8 Å². The molecule has 82 valence electrons. The quantitative estimate of drug-likeness (QED) is 0.374. The van der Waals surface area contributed by atoms with Crippen molar-refractivity contribution in [2.75, 3.05) is 0 Å². The summed E-state index contributed by atoms with van der Waals surface area (Å²) in [5.41, 5.74) is 6.93. The monoisotopic (exact) mass is 281 g/mol. The molecule has 0 atom stereocenters. The molecule has 1 heterocycles. The molecule has 16 heavy (non-hydrogen) atoms. The molecule has 3 N–H and O–H groups in total. The average molecular weight is 282 g/mol. The molecule has 0 saturated heterocycles. The molecule has 2 aromatic rings. The molecule has 2 rings (SSSR count). The maximum atomic E-state index is 8.55. The number of hydrogen-bond acceptors (Lipinski definition) is 4. The van der Waals surface area contributed by atoms with E-state index in [-0.39, 0.29) is 5.84 Å². The second kappa shape index (κ2) is 4.31. The first-order valence-corrected chi connectivity index (χ1v) is 5.14. The Balaban J connectivity index is 2.45. The van der Waals surface area contributed by atoms with E-state index in [1.165, 1.54) is 6.33 Å². The number of halogens is 1. The van der Waals surface area contributed by atoms with Crippen LogP contribution in [0.15, 0.2) is 40.5 Å². The van der Waals surface area contributed by atoms with Gasteiger partial charge in [-0.05, 0) is 34.1 Å². The molecule has 0 spiro atoms. The van der Waals surface area contributed by atoms with E-state index >= 15 is 0 Å². The zero-order chi connectivity index (χ0) is 11.5. The summed E-state index contributed by atoms with van der Waals surface area (Å²) in [6, 6.07) is 5.27. The van der Waals surface area contributed by atoms with Gasteiger partial charge in [0.05, 0.1) is 5.69 Å². The van der Waals surface area contributed by atoms with E-state index in [1.54, 1.807) is 29.2 Å². The van der Waals surface area contributed by atoms with E-state index in [0.29, 0.717) is 5.56 Å². The Hall–Kier alpha value is -1.89. The third-order valence-electron chi connectivity index (χ3n) is 2.02.